The third kappa shape index (κ3) is 3.60. The number of nitrogens with zero attached hydrogens (tertiary/aromatic N) is 2. The Balaban J connectivity index is 2.24. The van der Waals surface area contributed by atoms with Gasteiger partial charge in [-0.05, 0) is 37.5 Å². The van der Waals surface area contributed by atoms with Crippen molar-refractivity contribution in [1.82, 2.24) is 9.97 Å². The topological polar surface area (TPSA) is 75.9 Å². The number of hydrogen-bond acceptors (Lipinski definition) is 5. The molecule has 1 aromatic carbocycles. The summed E-state index contributed by atoms with van der Waals surface area (Å²) in [5, 5.41) is 6.52. The second-order valence-electron chi connectivity index (χ2n) is 4.87. The van der Waals surface area contributed by atoms with Gasteiger partial charge in [0, 0.05) is 18.3 Å². The lowest BCUT2D eigenvalue weighted by Crippen LogP contribution is -2.07. The van der Waals surface area contributed by atoms with Crippen LogP contribution in [0.5, 0.6) is 0 Å². The van der Waals surface area contributed by atoms with E-state index in [9.17, 15) is 0 Å². The van der Waals surface area contributed by atoms with Crippen LogP contribution in [0.3, 0.4) is 0 Å². The number of nitrogen functional groups attached to an aromatic ring is 1. The number of nitrogens with two attached hydrogens (primary N) is 1. The fourth-order valence-corrected chi connectivity index (χ4v) is 1.88. The van der Waals surface area contributed by atoms with Gasteiger partial charge >= 0.3 is 0 Å². The Kier molecular flexibility index (Phi) is 4.40. The molecule has 106 valence electrons. The van der Waals surface area contributed by atoms with Crippen molar-refractivity contribution >= 4 is 23.3 Å². The fourth-order valence-electron chi connectivity index (χ4n) is 1.88. The zero-order chi connectivity index (χ0) is 14.5. The van der Waals surface area contributed by atoms with Crippen LogP contribution in [0, 0.1) is 13.8 Å². The van der Waals surface area contributed by atoms with Gasteiger partial charge in [0.1, 0.15) is 11.6 Å². The summed E-state index contributed by atoms with van der Waals surface area (Å²) in [6, 6.07) is 8.13. The van der Waals surface area contributed by atoms with Crippen molar-refractivity contribution < 1.29 is 0 Å². The minimum atomic E-state index is 0.263. The molecular formula is C15H21N5. The Bertz CT molecular complexity index is 595. The van der Waals surface area contributed by atoms with Crippen molar-refractivity contribution in [3.63, 3.8) is 0 Å². The number of aromatic nitrogens is 2. The number of rotatable bonds is 5. The first-order valence-electron chi connectivity index (χ1n) is 6.81. The molecule has 0 spiro atoms. The molecule has 2 rings (SSSR count). The summed E-state index contributed by atoms with van der Waals surface area (Å²) >= 11 is 0. The molecule has 0 saturated carbocycles. The SMILES string of the molecule is CCCNc1cc(Nc2cc(C)ccc2C)nc(N)n1. The van der Waals surface area contributed by atoms with Crippen molar-refractivity contribution in [3.05, 3.63) is 35.4 Å². The predicted octanol–water partition coefficient (Wildman–Crippen LogP) is 3.24. The van der Waals surface area contributed by atoms with Crippen LogP contribution in [-0.2, 0) is 0 Å². The molecule has 0 saturated heterocycles. The number of benzene rings is 1. The molecule has 0 unspecified atom stereocenters. The predicted molar refractivity (Wildman–Crippen MR) is 84.4 cm³/mol. The van der Waals surface area contributed by atoms with Crippen molar-refractivity contribution in [2.75, 3.05) is 22.9 Å². The van der Waals surface area contributed by atoms with Crippen LogP contribution in [0.4, 0.5) is 23.3 Å². The average Bonchev–Trinajstić information content (AvgIpc) is 2.40. The van der Waals surface area contributed by atoms with Crippen molar-refractivity contribution in [3.8, 4) is 0 Å². The molecule has 0 radical (unpaired) electrons. The highest BCUT2D eigenvalue weighted by Gasteiger charge is 2.04. The molecule has 0 aliphatic rings. The van der Waals surface area contributed by atoms with Gasteiger partial charge in [-0.3, -0.25) is 0 Å². The van der Waals surface area contributed by atoms with Gasteiger partial charge in [0.2, 0.25) is 5.95 Å². The normalized spacial score (nSPS) is 10.3. The summed E-state index contributed by atoms with van der Waals surface area (Å²) in [5.74, 6) is 1.70. The van der Waals surface area contributed by atoms with E-state index in [4.69, 9.17) is 5.73 Å². The Morgan fingerprint density at radius 3 is 2.60 bits per heavy atom. The van der Waals surface area contributed by atoms with E-state index in [2.05, 4.69) is 59.6 Å². The molecule has 4 N–H and O–H groups in total. The quantitative estimate of drug-likeness (QED) is 0.778. The lowest BCUT2D eigenvalue weighted by Gasteiger charge is -2.12. The fraction of sp³-hybridized carbons (Fsp3) is 0.333. The van der Waals surface area contributed by atoms with Gasteiger partial charge in [0.25, 0.3) is 0 Å². The Hall–Kier alpha value is -2.30. The van der Waals surface area contributed by atoms with Crippen LogP contribution in [0.25, 0.3) is 0 Å². The van der Waals surface area contributed by atoms with Crippen molar-refractivity contribution in [1.29, 1.82) is 0 Å². The summed E-state index contributed by atoms with van der Waals surface area (Å²) in [5.41, 5.74) is 9.14. The zero-order valence-electron chi connectivity index (χ0n) is 12.2. The molecule has 0 aliphatic heterocycles. The number of anilines is 4. The van der Waals surface area contributed by atoms with Crippen molar-refractivity contribution in [2.45, 2.75) is 27.2 Å². The van der Waals surface area contributed by atoms with Crippen LogP contribution < -0.4 is 16.4 Å². The van der Waals surface area contributed by atoms with Crippen LogP contribution in [0.15, 0.2) is 24.3 Å². The second-order valence-corrected chi connectivity index (χ2v) is 4.87. The van der Waals surface area contributed by atoms with E-state index in [1.165, 1.54) is 5.56 Å². The van der Waals surface area contributed by atoms with Crippen LogP contribution in [0.2, 0.25) is 0 Å². The molecule has 2 aromatic rings. The van der Waals surface area contributed by atoms with Crippen molar-refractivity contribution in [2.24, 2.45) is 0 Å². The monoisotopic (exact) mass is 271 g/mol. The first-order chi connectivity index (χ1) is 9.58. The van der Waals surface area contributed by atoms with Gasteiger partial charge in [0.05, 0.1) is 0 Å². The smallest absolute Gasteiger partial charge is 0.223 e. The summed E-state index contributed by atoms with van der Waals surface area (Å²) < 4.78 is 0. The highest BCUT2D eigenvalue weighted by atomic mass is 15.1. The van der Waals surface area contributed by atoms with Gasteiger partial charge in [-0.2, -0.15) is 9.97 Å². The lowest BCUT2D eigenvalue weighted by molar-refractivity contribution is 0.967. The van der Waals surface area contributed by atoms with E-state index in [0.717, 1.165) is 30.0 Å². The Labute approximate surface area is 119 Å². The standard InChI is InChI=1S/C15H21N5/c1-4-7-17-13-9-14(20-15(16)19-13)18-12-8-10(2)5-6-11(12)3/h5-6,8-9H,4,7H2,1-3H3,(H4,16,17,18,19,20). The second kappa shape index (κ2) is 6.23. The van der Waals surface area contributed by atoms with Crippen LogP contribution in [0.1, 0.15) is 24.5 Å². The highest BCUT2D eigenvalue weighted by Crippen LogP contribution is 2.22. The highest BCUT2D eigenvalue weighted by molar-refractivity contribution is 5.64. The third-order valence-corrected chi connectivity index (χ3v) is 2.96. The minimum Gasteiger partial charge on any atom is -0.370 e. The first-order valence-corrected chi connectivity index (χ1v) is 6.81. The van der Waals surface area contributed by atoms with E-state index < -0.39 is 0 Å². The molecule has 0 atom stereocenters. The average molecular weight is 271 g/mol. The minimum absolute atomic E-state index is 0.263. The maximum absolute atomic E-state index is 5.75. The molecule has 0 bridgehead atoms. The van der Waals surface area contributed by atoms with E-state index in [0.29, 0.717) is 5.82 Å². The molecule has 0 amide bonds. The molecular weight excluding hydrogens is 250 g/mol. The summed E-state index contributed by atoms with van der Waals surface area (Å²) in [7, 11) is 0. The van der Waals surface area contributed by atoms with Gasteiger partial charge in [0.15, 0.2) is 0 Å². The van der Waals surface area contributed by atoms with E-state index in [1.54, 1.807) is 0 Å². The third-order valence-electron chi connectivity index (χ3n) is 2.96. The number of hydrogen-bond donors (Lipinski definition) is 3. The van der Waals surface area contributed by atoms with E-state index >= 15 is 0 Å². The maximum atomic E-state index is 5.75. The molecule has 0 fully saturated rings. The summed E-state index contributed by atoms with van der Waals surface area (Å²) in [4.78, 5) is 8.39. The molecule has 1 aromatic heterocycles. The Morgan fingerprint density at radius 1 is 1.10 bits per heavy atom. The number of nitrogens with one attached hydrogen (secondary N) is 2. The lowest BCUT2D eigenvalue weighted by atomic mass is 10.1. The molecule has 20 heavy (non-hydrogen) atoms. The van der Waals surface area contributed by atoms with Gasteiger partial charge in [-0.15, -0.1) is 0 Å². The molecule has 5 heteroatoms. The van der Waals surface area contributed by atoms with E-state index in [-0.39, 0.29) is 5.95 Å². The molecule has 1 heterocycles. The van der Waals surface area contributed by atoms with Gasteiger partial charge in [-0.1, -0.05) is 19.1 Å². The zero-order valence-corrected chi connectivity index (χ0v) is 12.2. The molecule has 0 aliphatic carbocycles. The van der Waals surface area contributed by atoms with Crippen LogP contribution >= 0.6 is 0 Å². The summed E-state index contributed by atoms with van der Waals surface area (Å²) in [6.07, 6.45) is 1.03. The molecule has 5 nitrogen and oxygen atoms in total. The van der Waals surface area contributed by atoms with Gasteiger partial charge in [-0.25, -0.2) is 0 Å². The largest absolute Gasteiger partial charge is 0.370 e. The van der Waals surface area contributed by atoms with Gasteiger partial charge < -0.3 is 16.4 Å². The Morgan fingerprint density at radius 2 is 1.85 bits per heavy atom. The maximum Gasteiger partial charge on any atom is 0.223 e. The van der Waals surface area contributed by atoms with E-state index in [1.807, 2.05) is 6.07 Å². The van der Waals surface area contributed by atoms with Crippen LogP contribution in [-0.4, -0.2) is 16.5 Å². The first kappa shape index (κ1) is 14.1. The summed E-state index contributed by atoms with van der Waals surface area (Å²) in [6.45, 7) is 7.09. The number of aryl methyl sites for hydroxylation is 2.